The third-order valence-corrected chi connectivity index (χ3v) is 3.67. The van der Waals surface area contributed by atoms with Crippen LogP contribution in [-0.4, -0.2) is 15.3 Å². The summed E-state index contributed by atoms with van der Waals surface area (Å²) in [5.74, 6) is 0.349. The zero-order chi connectivity index (χ0) is 11.9. The van der Waals surface area contributed by atoms with Gasteiger partial charge in [-0.05, 0) is 45.1 Å². The van der Waals surface area contributed by atoms with E-state index in [0.29, 0.717) is 12.5 Å². The minimum Gasteiger partial charge on any atom is -0.312 e. The van der Waals surface area contributed by atoms with E-state index in [9.17, 15) is 5.26 Å². The van der Waals surface area contributed by atoms with E-state index in [4.69, 9.17) is 5.73 Å². The van der Waals surface area contributed by atoms with Crippen molar-refractivity contribution in [3.63, 3.8) is 0 Å². The maximum absolute atomic E-state index is 9.21. The lowest BCUT2D eigenvalue weighted by molar-refractivity contribution is 0.379. The van der Waals surface area contributed by atoms with Gasteiger partial charge in [0.25, 0.3) is 0 Å². The average Bonchev–Trinajstić information content (AvgIpc) is 3.06. The van der Waals surface area contributed by atoms with E-state index in [1.54, 1.807) is 0 Å². The van der Waals surface area contributed by atoms with Crippen molar-refractivity contribution in [2.75, 3.05) is 0 Å². The molecule has 86 valence electrons. The number of aryl methyl sites for hydroxylation is 1. The number of nitrogens with two attached hydrogens (primary N) is 1. The number of aromatic nitrogens is 2. The summed E-state index contributed by atoms with van der Waals surface area (Å²) in [6, 6.07) is 2.26. The topological polar surface area (TPSA) is 67.6 Å². The van der Waals surface area contributed by atoms with Crippen molar-refractivity contribution in [2.24, 2.45) is 11.7 Å². The van der Waals surface area contributed by atoms with Crippen molar-refractivity contribution in [3.05, 3.63) is 17.0 Å². The van der Waals surface area contributed by atoms with Gasteiger partial charge < -0.3 is 5.73 Å². The van der Waals surface area contributed by atoms with Crippen LogP contribution in [0.3, 0.4) is 0 Å². The van der Waals surface area contributed by atoms with E-state index in [1.807, 2.05) is 18.5 Å². The molecule has 1 atom stereocenters. The molecule has 0 spiro atoms. The average molecular weight is 218 g/mol. The monoisotopic (exact) mass is 218 g/mol. The van der Waals surface area contributed by atoms with Gasteiger partial charge in [-0.3, -0.25) is 4.68 Å². The van der Waals surface area contributed by atoms with Crippen LogP contribution in [0.5, 0.6) is 0 Å². The van der Waals surface area contributed by atoms with E-state index in [2.05, 4.69) is 18.1 Å². The molecule has 0 amide bonds. The Morgan fingerprint density at radius 1 is 1.50 bits per heavy atom. The van der Waals surface area contributed by atoms with Gasteiger partial charge in [0, 0.05) is 5.69 Å². The SMILES string of the molecule is Cc1nn(CC(N)(C#N)C2CC2)c(C)c1C. The quantitative estimate of drug-likeness (QED) is 0.834. The third kappa shape index (κ3) is 1.72. The van der Waals surface area contributed by atoms with Crippen LogP contribution >= 0.6 is 0 Å². The summed E-state index contributed by atoms with van der Waals surface area (Å²) in [7, 11) is 0. The molecule has 0 radical (unpaired) electrons. The summed E-state index contributed by atoms with van der Waals surface area (Å²) < 4.78 is 1.88. The fourth-order valence-corrected chi connectivity index (χ4v) is 2.04. The van der Waals surface area contributed by atoms with E-state index >= 15 is 0 Å². The second-order valence-electron chi connectivity index (χ2n) is 4.88. The molecule has 1 saturated carbocycles. The van der Waals surface area contributed by atoms with E-state index < -0.39 is 5.54 Å². The molecule has 4 heteroatoms. The molecule has 1 aromatic heterocycles. The first-order chi connectivity index (χ1) is 7.48. The highest BCUT2D eigenvalue weighted by Gasteiger charge is 2.43. The maximum atomic E-state index is 9.21. The molecule has 1 aromatic rings. The second kappa shape index (κ2) is 3.60. The minimum atomic E-state index is -0.740. The number of hydrogen-bond donors (Lipinski definition) is 1. The first-order valence-corrected chi connectivity index (χ1v) is 5.68. The minimum absolute atomic E-state index is 0.349. The Labute approximate surface area is 96.0 Å². The summed E-state index contributed by atoms with van der Waals surface area (Å²) in [6.07, 6.45) is 2.14. The second-order valence-corrected chi connectivity index (χ2v) is 4.88. The van der Waals surface area contributed by atoms with Gasteiger partial charge in [-0.15, -0.1) is 0 Å². The van der Waals surface area contributed by atoms with Gasteiger partial charge in [-0.25, -0.2) is 0 Å². The predicted octanol–water partition coefficient (Wildman–Crippen LogP) is 1.44. The van der Waals surface area contributed by atoms with Gasteiger partial charge in [0.2, 0.25) is 0 Å². The molecule has 16 heavy (non-hydrogen) atoms. The molecule has 1 unspecified atom stereocenters. The standard InChI is InChI=1S/C12H18N4/c1-8-9(2)15-16(10(8)3)7-12(14,6-13)11-4-5-11/h11H,4-5,7,14H2,1-3H3. The van der Waals surface area contributed by atoms with Crippen LogP contribution in [0.25, 0.3) is 0 Å². The van der Waals surface area contributed by atoms with Crippen molar-refractivity contribution in [3.8, 4) is 6.07 Å². The molecule has 1 aliphatic carbocycles. The highest BCUT2D eigenvalue weighted by atomic mass is 15.3. The number of hydrogen-bond acceptors (Lipinski definition) is 3. The van der Waals surface area contributed by atoms with Crippen LogP contribution in [0.2, 0.25) is 0 Å². The predicted molar refractivity (Wildman–Crippen MR) is 61.7 cm³/mol. The Bertz CT molecular complexity index is 450. The summed E-state index contributed by atoms with van der Waals surface area (Å²) in [5, 5.41) is 13.6. The molecule has 2 N–H and O–H groups in total. The van der Waals surface area contributed by atoms with Crippen LogP contribution in [0.1, 0.15) is 29.8 Å². The smallest absolute Gasteiger partial charge is 0.126 e. The van der Waals surface area contributed by atoms with Gasteiger partial charge in [0.1, 0.15) is 5.54 Å². The summed E-state index contributed by atoms with van der Waals surface area (Å²) >= 11 is 0. The highest BCUT2D eigenvalue weighted by molar-refractivity contribution is 5.23. The van der Waals surface area contributed by atoms with Crippen molar-refractivity contribution < 1.29 is 0 Å². The normalized spacial score (nSPS) is 19.2. The van der Waals surface area contributed by atoms with Crippen molar-refractivity contribution >= 4 is 0 Å². The number of nitrogens with zero attached hydrogens (tertiary/aromatic N) is 3. The molecule has 2 rings (SSSR count). The molecule has 1 fully saturated rings. The molecule has 0 aliphatic heterocycles. The Morgan fingerprint density at radius 2 is 2.12 bits per heavy atom. The van der Waals surface area contributed by atoms with Crippen molar-refractivity contribution in [2.45, 2.75) is 45.7 Å². The van der Waals surface area contributed by atoms with E-state index in [-0.39, 0.29) is 0 Å². The first kappa shape index (κ1) is 11.2. The Kier molecular flexibility index (Phi) is 2.51. The summed E-state index contributed by atoms with van der Waals surface area (Å²) in [5.41, 5.74) is 8.73. The molecule has 1 heterocycles. The fraction of sp³-hybridized carbons (Fsp3) is 0.667. The van der Waals surface area contributed by atoms with Crippen LogP contribution < -0.4 is 5.73 Å². The maximum Gasteiger partial charge on any atom is 0.126 e. The summed E-state index contributed by atoms with van der Waals surface area (Å²) in [6.45, 7) is 6.57. The van der Waals surface area contributed by atoms with Crippen LogP contribution in [-0.2, 0) is 6.54 Å². The lowest BCUT2D eigenvalue weighted by Crippen LogP contribution is -2.45. The molecular weight excluding hydrogens is 200 g/mol. The highest BCUT2D eigenvalue weighted by Crippen LogP contribution is 2.39. The lowest BCUT2D eigenvalue weighted by atomic mass is 9.96. The van der Waals surface area contributed by atoms with Crippen molar-refractivity contribution in [1.29, 1.82) is 5.26 Å². The van der Waals surface area contributed by atoms with Gasteiger partial charge >= 0.3 is 0 Å². The van der Waals surface area contributed by atoms with Crippen LogP contribution in [0.4, 0.5) is 0 Å². The van der Waals surface area contributed by atoms with Gasteiger partial charge in [-0.1, -0.05) is 0 Å². The third-order valence-electron chi connectivity index (χ3n) is 3.67. The van der Waals surface area contributed by atoms with Crippen molar-refractivity contribution in [1.82, 2.24) is 9.78 Å². The first-order valence-electron chi connectivity index (χ1n) is 5.68. The molecule has 1 aliphatic rings. The fourth-order valence-electron chi connectivity index (χ4n) is 2.04. The molecule has 0 bridgehead atoms. The zero-order valence-electron chi connectivity index (χ0n) is 10.1. The number of rotatable bonds is 3. The zero-order valence-corrected chi connectivity index (χ0v) is 10.1. The van der Waals surface area contributed by atoms with E-state index in [0.717, 1.165) is 24.2 Å². The lowest BCUT2D eigenvalue weighted by Gasteiger charge is -2.21. The van der Waals surface area contributed by atoms with Gasteiger partial charge in [-0.2, -0.15) is 10.4 Å². The largest absolute Gasteiger partial charge is 0.312 e. The summed E-state index contributed by atoms with van der Waals surface area (Å²) in [4.78, 5) is 0. The van der Waals surface area contributed by atoms with E-state index in [1.165, 1.54) is 5.56 Å². The van der Waals surface area contributed by atoms with Gasteiger partial charge in [0.05, 0.1) is 18.3 Å². The van der Waals surface area contributed by atoms with Crippen LogP contribution in [0, 0.1) is 38.0 Å². The molecular formula is C12H18N4. The Balaban J connectivity index is 2.26. The Hall–Kier alpha value is -1.34. The molecule has 0 saturated heterocycles. The van der Waals surface area contributed by atoms with Crippen LogP contribution in [0.15, 0.2) is 0 Å². The Morgan fingerprint density at radius 3 is 2.50 bits per heavy atom. The number of nitriles is 1. The van der Waals surface area contributed by atoms with Gasteiger partial charge in [0.15, 0.2) is 0 Å². The molecule has 0 aromatic carbocycles. The molecule has 4 nitrogen and oxygen atoms in total.